The Labute approximate surface area is 179 Å². The highest BCUT2D eigenvalue weighted by Crippen LogP contribution is 2.35. The average Bonchev–Trinajstić information content (AvgIpc) is 3.57. The van der Waals surface area contributed by atoms with Crippen LogP contribution in [0.2, 0.25) is 0 Å². The molecule has 0 spiro atoms. The molecule has 1 aromatic heterocycles. The molecule has 1 aliphatic heterocycles. The normalized spacial score (nSPS) is 30.2. The Morgan fingerprint density at radius 3 is 2.57 bits per heavy atom. The molecule has 2 atom stereocenters. The van der Waals surface area contributed by atoms with Crippen LogP contribution in [0.1, 0.15) is 63.0 Å². The van der Waals surface area contributed by atoms with Crippen molar-refractivity contribution >= 4 is 15.9 Å². The third kappa shape index (κ3) is 5.59. The van der Waals surface area contributed by atoms with Crippen molar-refractivity contribution in [3.63, 3.8) is 0 Å². The van der Waals surface area contributed by atoms with Crippen molar-refractivity contribution < 1.29 is 17.9 Å². The quantitative estimate of drug-likeness (QED) is 0.711. The van der Waals surface area contributed by atoms with Crippen LogP contribution in [0.25, 0.3) is 0 Å². The molecule has 0 aromatic carbocycles. The Morgan fingerprint density at radius 2 is 1.93 bits per heavy atom. The van der Waals surface area contributed by atoms with Gasteiger partial charge in [-0.15, -0.1) is 0 Å². The average molecular weight is 436 g/mol. The number of sulfonamides is 1. The summed E-state index contributed by atoms with van der Waals surface area (Å²) in [6.07, 6.45) is 10.7. The minimum atomic E-state index is -3.34. The van der Waals surface area contributed by atoms with Gasteiger partial charge in [0.1, 0.15) is 0 Å². The lowest BCUT2D eigenvalue weighted by molar-refractivity contribution is -0.139. The van der Waals surface area contributed by atoms with Gasteiger partial charge in [-0.2, -0.15) is 0 Å². The van der Waals surface area contributed by atoms with E-state index in [1.165, 1.54) is 6.26 Å². The van der Waals surface area contributed by atoms with Gasteiger partial charge in [-0.25, -0.2) is 13.1 Å². The van der Waals surface area contributed by atoms with Crippen molar-refractivity contribution in [1.82, 2.24) is 14.6 Å². The number of ether oxygens (including phenoxy) is 1. The van der Waals surface area contributed by atoms with Gasteiger partial charge in [-0.3, -0.25) is 9.78 Å². The number of nitrogens with one attached hydrogen (secondary N) is 1. The largest absolute Gasteiger partial charge is 0.376 e. The lowest BCUT2D eigenvalue weighted by Crippen LogP contribution is -2.59. The molecule has 166 valence electrons. The molecule has 3 aliphatic rings. The Kier molecular flexibility index (Phi) is 6.75. The highest BCUT2D eigenvalue weighted by molar-refractivity contribution is 7.88. The Hall–Kier alpha value is -1.51. The highest BCUT2D eigenvalue weighted by Gasteiger charge is 2.41. The van der Waals surface area contributed by atoms with Crippen LogP contribution in [0.5, 0.6) is 0 Å². The van der Waals surface area contributed by atoms with E-state index in [-0.39, 0.29) is 30.0 Å². The topological polar surface area (TPSA) is 88.6 Å². The molecule has 2 saturated carbocycles. The number of aromatic nitrogens is 1. The summed E-state index contributed by atoms with van der Waals surface area (Å²) in [5.41, 5.74) is 1.15. The molecule has 1 saturated heterocycles. The fraction of sp³-hybridized carbons (Fsp3) is 0.727. The summed E-state index contributed by atoms with van der Waals surface area (Å²) in [6, 6.07) is 5.57. The highest BCUT2D eigenvalue weighted by atomic mass is 32.2. The minimum absolute atomic E-state index is 0.123. The first-order valence-corrected chi connectivity index (χ1v) is 13.1. The van der Waals surface area contributed by atoms with Gasteiger partial charge in [-0.05, 0) is 63.5 Å². The lowest BCUT2D eigenvalue weighted by atomic mass is 9.85. The molecule has 1 N–H and O–H groups in total. The summed E-state index contributed by atoms with van der Waals surface area (Å²) in [5.74, 6) is 0.772. The maximum Gasteiger partial charge on any atom is 0.226 e. The van der Waals surface area contributed by atoms with Gasteiger partial charge in [0.25, 0.3) is 0 Å². The third-order valence-electron chi connectivity index (χ3n) is 6.64. The Bertz CT molecular complexity index is 820. The van der Waals surface area contributed by atoms with Crippen molar-refractivity contribution in [2.24, 2.45) is 5.92 Å². The number of carbonyl (C=O) groups is 1. The second-order valence-electron chi connectivity index (χ2n) is 9.07. The first-order chi connectivity index (χ1) is 14.4. The summed E-state index contributed by atoms with van der Waals surface area (Å²) < 4.78 is 32.8. The van der Waals surface area contributed by atoms with E-state index in [9.17, 15) is 13.2 Å². The number of hydrogen-bond donors (Lipinski definition) is 1. The SMILES string of the molecule is CS(=O)(=O)N[C@H]1CCCN(C(=O)C2CC2)[C@H]1COC1CCC(c2ccccn2)CC1. The molecule has 8 heteroatoms. The number of nitrogens with zero attached hydrogens (tertiary/aromatic N) is 2. The van der Waals surface area contributed by atoms with Gasteiger partial charge >= 0.3 is 0 Å². The van der Waals surface area contributed by atoms with Crippen LogP contribution in [0, 0.1) is 5.92 Å². The van der Waals surface area contributed by atoms with Crippen LogP contribution < -0.4 is 4.72 Å². The van der Waals surface area contributed by atoms with E-state index < -0.39 is 10.0 Å². The maximum absolute atomic E-state index is 12.8. The van der Waals surface area contributed by atoms with Gasteiger partial charge in [-0.1, -0.05) is 6.07 Å². The summed E-state index contributed by atoms with van der Waals surface area (Å²) in [6.45, 7) is 1.09. The second-order valence-corrected chi connectivity index (χ2v) is 10.9. The van der Waals surface area contributed by atoms with Crippen molar-refractivity contribution in [2.75, 3.05) is 19.4 Å². The van der Waals surface area contributed by atoms with Crippen LogP contribution in [0.4, 0.5) is 0 Å². The number of hydrogen-bond acceptors (Lipinski definition) is 5. The molecule has 30 heavy (non-hydrogen) atoms. The van der Waals surface area contributed by atoms with Crippen molar-refractivity contribution in [2.45, 2.75) is 75.5 Å². The van der Waals surface area contributed by atoms with E-state index in [0.29, 0.717) is 19.1 Å². The van der Waals surface area contributed by atoms with Crippen molar-refractivity contribution in [3.05, 3.63) is 30.1 Å². The van der Waals surface area contributed by atoms with E-state index in [4.69, 9.17) is 4.74 Å². The first-order valence-electron chi connectivity index (χ1n) is 11.2. The fourth-order valence-corrected chi connectivity index (χ4v) is 5.72. The number of rotatable bonds is 7. The number of pyridine rings is 1. The van der Waals surface area contributed by atoms with Gasteiger partial charge in [0.15, 0.2) is 0 Å². The van der Waals surface area contributed by atoms with E-state index in [1.807, 2.05) is 23.2 Å². The second kappa shape index (κ2) is 9.32. The number of carbonyl (C=O) groups excluding carboxylic acids is 1. The molecule has 2 heterocycles. The van der Waals surface area contributed by atoms with Crippen LogP contribution in [-0.2, 0) is 19.6 Å². The lowest BCUT2D eigenvalue weighted by Gasteiger charge is -2.42. The van der Waals surface area contributed by atoms with Gasteiger partial charge < -0.3 is 9.64 Å². The molecule has 3 fully saturated rings. The third-order valence-corrected chi connectivity index (χ3v) is 7.37. The Balaban J connectivity index is 1.36. The van der Waals surface area contributed by atoms with E-state index in [2.05, 4.69) is 15.8 Å². The standard InChI is InChI=1S/C22H33N3O4S/c1-30(27,28)24-20-6-4-14-25(22(26)17-7-8-17)21(20)15-29-18-11-9-16(10-12-18)19-5-2-3-13-23-19/h2-3,5,13,16-18,20-21,24H,4,6-12,14-15H2,1H3/t16?,18?,20-,21-/m0/s1. The molecule has 0 radical (unpaired) electrons. The molecular formula is C22H33N3O4S. The van der Waals surface area contributed by atoms with Gasteiger partial charge in [0, 0.05) is 36.3 Å². The van der Waals surface area contributed by atoms with Crippen molar-refractivity contribution in [3.8, 4) is 0 Å². The molecule has 0 bridgehead atoms. The molecule has 1 amide bonds. The van der Waals surface area contributed by atoms with Crippen LogP contribution in [0.15, 0.2) is 24.4 Å². The molecule has 1 aromatic rings. The zero-order valence-electron chi connectivity index (χ0n) is 17.7. The molecular weight excluding hydrogens is 402 g/mol. The number of amides is 1. The molecule has 7 nitrogen and oxygen atoms in total. The predicted octanol–water partition coefficient (Wildman–Crippen LogP) is 2.44. The smallest absolute Gasteiger partial charge is 0.226 e. The summed E-state index contributed by atoms with van der Waals surface area (Å²) in [4.78, 5) is 19.2. The molecule has 2 aliphatic carbocycles. The zero-order valence-corrected chi connectivity index (χ0v) is 18.5. The van der Waals surface area contributed by atoms with E-state index in [0.717, 1.165) is 57.1 Å². The molecule has 4 rings (SSSR count). The van der Waals surface area contributed by atoms with Crippen molar-refractivity contribution in [1.29, 1.82) is 0 Å². The van der Waals surface area contributed by atoms with Gasteiger partial charge in [0.2, 0.25) is 15.9 Å². The monoisotopic (exact) mass is 435 g/mol. The van der Waals surface area contributed by atoms with Crippen LogP contribution in [-0.4, -0.2) is 61.8 Å². The summed E-state index contributed by atoms with van der Waals surface area (Å²) in [5, 5.41) is 0. The van der Waals surface area contributed by atoms with E-state index in [1.54, 1.807) is 0 Å². The van der Waals surface area contributed by atoms with E-state index >= 15 is 0 Å². The van der Waals surface area contributed by atoms with Crippen LogP contribution >= 0.6 is 0 Å². The molecule has 0 unspecified atom stereocenters. The number of likely N-dealkylation sites (tertiary alicyclic amines) is 1. The predicted molar refractivity (Wildman–Crippen MR) is 114 cm³/mol. The van der Waals surface area contributed by atoms with Gasteiger partial charge in [0.05, 0.1) is 25.0 Å². The first kappa shape index (κ1) is 21.7. The fourth-order valence-electron chi connectivity index (χ4n) is 4.89. The van der Waals surface area contributed by atoms with Crippen LogP contribution in [0.3, 0.4) is 0 Å². The Morgan fingerprint density at radius 1 is 1.17 bits per heavy atom. The number of piperidine rings is 1. The zero-order chi connectivity index (χ0) is 21.1. The maximum atomic E-state index is 12.8. The summed E-state index contributed by atoms with van der Waals surface area (Å²) in [7, 11) is -3.34. The minimum Gasteiger partial charge on any atom is -0.376 e. The summed E-state index contributed by atoms with van der Waals surface area (Å²) >= 11 is 0.